The molecule has 0 radical (unpaired) electrons. The number of nitrogens with zero attached hydrogens (tertiary/aromatic N) is 1. The van der Waals surface area contributed by atoms with E-state index in [2.05, 4.69) is 5.32 Å². The number of anilines is 1. The van der Waals surface area contributed by atoms with E-state index >= 15 is 0 Å². The second-order valence-corrected chi connectivity index (χ2v) is 6.13. The number of rotatable bonds is 4. The van der Waals surface area contributed by atoms with E-state index in [1.165, 1.54) is 4.90 Å². The minimum Gasteiger partial charge on any atom is -0.368 e. The summed E-state index contributed by atoms with van der Waals surface area (Å²) >= 11 is 0. The number of hydrogen-bond donors (Lipinski definition) is 2. The molecule has 7 heteroatoms. The fourth-order valence-electron chi connectivity index (χ4n) is 3.21. The fourth-order valence-corrected chi connectivity index (χ4v) is 3.21. The Balaban J connectivity index is 1.71. The molecule has 2 aliphatic rings. The molecule has 1 aromatic rings. The van der Waals surface area contributed by atoms with Gasteiger partial charge in [0.15, 0.2) is 0 Å². The van der Waals surface area contributed by atoms with Gasteiger partial charge < -0.3 is 20.7 Å². The van der Waals surface area contributed by atoms with Gasteiger partial charge in [-0.15, -0.1) is 0 Å². The van der Waals surface area contributed by atoms with E-state index in [-0.39, 0.29) is 11.8 Å². The van der Waals surface area contributed by atoms with Crippen LogP contribution in [0.3, 0.4) is 0 Å². The first-order valence-corrected chi connectivity index (χ1v) is 8.19. The molecule has 0 saturated carbocycles. The zero-order valence-electron chi connectivity index (χ0n) is 13.4. The van der Waals surface area contributed by atoms with Gasteiger partial charge in [-0.25, -0.2) is 0 Å². The normalized spacial score (nSPS) is 23.2. The molecule has 2 heterocycles. The molecule has 3 rings (SSSR count). The number of benzene rings is 1. The van der Waals surface area contributed by atoms with Crippen molar-refractivity contribution in [1.82, 2.24) is 4.90 Å². The molecule has 0 spiro atoms. The first-order valence-electron chi connectivity index (χ1n) is 8.19. The lowest BCUT2D eigenvalue weighted by Gasteiger charge is -2.22. The lowest BCUT2D eigenvalue weighted by Crippen LogP contribution is -2.43. The summed E-state index contributed by atoms with van der Waals surface area (Å²) in [6, 6.07) is 6.15. The van der Waals surface area contributed by atoms with Crippen molar-refractivity contribution in [2.75, 3.05) is 18.5 Å². The zero-order chi connectivity index (χ0) is 17.1. The van der Waals surface area contributed by atoms with Crippen LogP contribution in [0.4, 0.5) is 5.69 Å². The number of ether oxygens (including phenoxy) is 1. The molecule has 0 aliphatic carbocycles. The average Bonchev–Trinajstić information content (AvgIpc) is 3.25. The largest absolute Gasteiger partial charge is 0.368 e. The van der Waals surface area contributed by atoms with Gasteiger partial charge in [-0.05, 0) is 43.9 Å². The van der Waals surface area contributed by atoms with Crippen molar-refractivity contribution >= 4 is 23.4 Å². The monoisotopic (exact) mass is 331 g/mol. The van der Waals surface area contributed by atoms with Crippen LogP contribution in [0.25, 0.3) is 0 Å². The molecule has 3 N–H and O–H groups in total. The lowest BCUT2D eigenvalue weighted by molar-refractivity contribution is -0.124. The van der Waals surface area contributed by atoms with Crippen LogP contribution >= 0.6 is 0 Å². The van der Waals surface area contributed by atoms with Gasteiger partial charge in [0, 0.05) is 24.4 Å². The summed E-state index contributed by atoms with van der Waals surface area (Å²) < 4.78 is 5.35. The van der Waals surface area contributed by atoms with Gasteiger partial charge in [-0.3, -0.25) is 14.4 Å². The number of primary amides is 1. The van der Waals surface area contributed by atoms with Crippen LogP contribution in [0.2, 0.25) is 0 Å². The minimum absolute atomic E-state index is 0.201. The lowest BCUT2D eigenvalue weighted by atomic mass is 10.1. The molecule has 2 saturated heterocycles. The maximum absolute atomic E-state index is 12.6. The topological polar surface area (TPSA) is 102 Å². The Hall–Kier alpha value is -2.41. The van der Waals surface area contributed by atoms with E-state index in [0.29, 0.717) is 37.2 Å². The molecule has 2 fully saturated rings. The highest BCUT2D eigenvalue weighted by atomic mass is 16.5. The molecule has 1 aromatic carbocycles. The van der Waals surface area contributed by atoms with Gasteiger partial charge >= 0.3 is 0 Å². The van der Waals surface area contributed by atoms with E-state index in [1.54, 1.807) is 24.3 Å². The highest BCUT2D eigenvalue weighted by Gasteiger charge is 2.33. The molecule has 2 aliphatic heterocycles. The Labute approximate surface area is 140 Å². The summed E-state index contributed by atoms with van der Waals surface area (Å²) in [7, 11) is 0. The second kappa shape index (κ2) is 7.00. The molecule has 128 valence electrons. The Morgan fingerprint density at radius 2 is 2.04 bits per heavy atom. The van der Waals surface area contributed by atoms with Crippen molar-refractivity contribution in [3.8, 4) is 0 Å². The van der Waals surface area contributed by atoms with E-state index in [0.717, 1.165) is 12.8 Å². The van der Waals surface area contributed by atoms with Crippen molar-refractivity contribution in [1.29, 1.82) is 0 Å². The number of nitrogens with one attached hydrogen (secondary N) is 1. The van der Waals surface area contributed by atoms with Crippen molar-refractivity contribution in [2.24, 2.45) is 5.73 Å². The summed E-state index contributed by atoms with van der Waals surface area (Å²) in [4.78, 5) is 37.7. The van der Waals surface area contributed by atoms with Crippen LogP contribution in [0.5, 0.6) is 0 Å². The van der Waals surface area contributed by atoms with Crippen molar-refractivity contribution in [3.05, 3.63) is 29.8 Å². The van der Waals surface area contributed by atoms with Crippen LogP contribution in [-0.2, 0) is 14.3 Å². The van der Waals surface area contributed by atoms with Crippen LogP contribution in [0, 0.1) is 0 Å². The molecule has 7 nitrogen and oxygen atoms in total. The third-order valence-corrected chi connectivity index (χ3v) is 4.44. The summed E-state index contributed by atoms with van der Waals surface area (Å²) in [6.07, 6.45) is 2.51. The predicted octanol–water partition coefficient (Wildman–Crippen LogP) is 0.894. The van der Waals surface area contributed by atoms with E-state index in [9.17, 15) is 14.4 Å². The smallest absolute Gasteiger partial charge is 0.254 e. The molecule has 0 bridgehead atoms. The maximum atomic E-state index is 12.6. The molecular formula is C17H21N3O4. The summed E-state index contributed by atoms with van der Waals surface area (Å²) in [5, 5.41) is 2.78. The van der Waals surface area contributed by atoms with Crippen LogP contribution in [0.1, 0.15) is 36.0 Å². The first kappa shape index (κ1) is 16.4. The summed E-state index contributed by atoms with van der Waals surface area (Å²) in [5.41, 5.74) is 6.33. The molecule has 24 heavy (non-hydrogen) atoms. The predicted molar refractivity (Wildman–Crippen MR) is 87.3 cm³/mol. The van der Waals surface area contributed by atoms with Gasteiger partial charge in [0.2, 0.25) is 5.91 Å². The molecule has 2 atom stereocenters. The van der Waals surface area contributed by atoms with Crippen LogP contribution in [-0.4, -0.2) is 47.9 Å². The number of carbonyl (C=O) groups excluding carboxylic acids is 3. The first-order chi connectivity index (χ1) is 11.6. The highest BCUT2D eigenvalue weighted by Crippen LogP contribution is 2.22. The summed E-state index contributed by atoms with van der Waals surface area (Å²) in [6.45, 7) is 1.11. The number of likely N-dealkylation sites (tertiary alicyclic amines) is 1. The van der Waals surface area contributed by atoms with Gasteiger partial charge in [-0.1, -0.05) is 6.07 Å². The van der Waals surface area contributed by atoms with Crippen LogP contribution in [0.15, 0.2) is 24.3 Å². The maximum Gasteiger partial charge on any atom is 0.254 e. The van der Waals surface area contributed by atoms with Gasteiger partial charge in [0.25, 0.3) is 11.8 Å². The van der Waals surface area contributed by atoms with E-state index in [1.807, 2.05) is 0 Å². The van der Waals surface area contributed by atoms with Crippen molar-refractivity contribution in [3.63, 3.8) is 0 Å². The van der Waals surface area contributed by atoms with Gasteiger partial charge in [0.1, 0.15) is 12.1 Å². The SMILES string of the molecule is NC(=O)[C@H]1CCCN1C(=O)c1cccc(NC(=O)[C@@H]2CCCO2)c1. The Morgan fingerprint density at radius 3 is 2.75 bits per heavy atom. The number of nitrogens with two attached hydrogens (primary N) is 1. The number of carbonyl (C=O) groups is 3. The Morgan fingerprint density at radius 1 is 1.21 bits per heavy atom. The third kappa shape index (κ3) is 3.41. The number of amides is 3. The second-order valence-electron chi connectivity index (χ2n) is 6.13. The Kier molecular flexibility index (Phi) is 4.80. The van der Waals surface area contributed by atoms with Gasteiger partial charge in [0.05, 0.1) is 0 Å². The van der Waals surface area contributed by atoms with Crippen LogP contribution < -0.4 is 11.1 Å². The van der Waals surface area contributed by atoms with Crippen molar-refractivity contribution in [2.45, 2.75) is 37.8 Å². The molecular weight excluding hydrogens is 310 g/mol. The van der Waals surface area contributed by atoms with E-state index in [4.69, 9.17) is 10.5 Å². The van der Waals surface area contributed by atoms with Gasteiger partial charge in [-0.2, -0.15) is 0 Å². The average molecular weight is 331 g/mol. The molecule has 0 unspecified atom stereocenters. The standard InChI is InChI=1S/C17H21N3O4/c18-15(21)13-6-2-8-20(13)17(23)11-4-1-5-12(10-11)19-16(22)14-7-3-9-24-14/h1,4-5,10,13-14H,2-3,6-9H2,(H2,18,21)(H,19,22)/t13-,14+/m1/s1. The minimum atomic E-state index is -0.553. The molecule has 0 aromatic heterocycles. The highest BCUT2D eigenvalue weighted by molar-refractivity contribution is 6.00. The molecule has 3 amide bonds. The zero-order valence-corrected chi connectivity index (χ0v) is 13.4. The van der Waals surface area contributed by atoms with Crippen molar-refractivity contribution < 1.29 is 19.1 Å². The quantitative estimate of drug-likeness (QED) is 0.855. The Bertz CT molecular complexity index is 655. The fraction of sp³-hybridized carbons (Fsp3) is 0.471. The summed E-state index contributed by atoms with van der Waals surface area (Å²) in [5.74, 6) is -0.929. The third-order valence-electron chi connectivity index (χ3n) is 4.44. The number of hydrogen-bond acceptors (Lipinski definition) is 4. The van der Waals surface area contributed by atoms with E-state index < -0.39 is 18.1 Å².